The minimum absolute atomic E-state index is 0.0691. The van der Waals surface area contributed by atoms with Crippen LogP contribution in [0.1, 0.15) is 31.9 Å². The maximum atomic E-state index is 9.25. The summed E-state index contributed by atoms with van der Waals surface area (Å²) in [5.41, 5.74) is 8.36. The second kappa shape index (κ2) is 6.37. The van der Waals surface area contributed by atoms with Crippen molar-refractivity contribution in [1.29, 1.82) is 0 Å². The summed E-state index contributed by atoms with van der Waals surface area (Å²) in [6.07, 6.45) is 0.991. The average molecular weight is 264 g/mol. The molecule has 1 fully saturated rings. The van der Waals surface area contributed by atoms with Gasteiger partial charge in [-0.2, -0.15) is 0 Å². The molecule has 2 unspecified atom stereocenters. The third kappa shape index (κ3) is 3.47. The van der Waals surface area contributed by atoms with Crippen LogP contribution in [-0.2, 0) is 4.74 Å². The van der Waals surface area contributed by atoms with E-state index in [9.17, 15) is 5.11 Å². The van der Waals surface area contributed by atoms with E-state index in [4.69, 9.17) is 10.5 Å². The standard InChI is InChI=1S/C15H24N2O2/c1-3-15(16)12-4-6-13(7-5-12)17-8-11(2)19-14(9-17)10-18/h4-7,11,14-15,18H,3,8-10,16H2,1-2H3/t11?,14?,15-/m1/s1. The van der Waals surface area contributed by atoms with Crippen molar-refractivity contribution in [2.45, 2.75) is 38.5 Å². The van der Waals surface area contributed by atoms with E-state index in [1.165, 1.54) is 11.3 Å². The molecule has 3 atom stereocenters. The van der Waals surface area contributed by atoms with E-state index in [1.807, 2.05) is 6.92 Å². The largest absolute Gasteiger partial charge is 0.394 e. The summed E-state index contributed by atoms with van der Waals surface area (Å²) < 4.78 is 5.65. The zero-order valence-electron chi connectivity index (χ0n) is 11.7. The fraction of sp³-hybridized carbons (Fsp3) is 0.600. The van der Waals surface area contributed by atoms with Crippen LogP contribution in [-0.4, -0.2) is 37.0 Å². The zero-order chi connectivity index (χ0) is 13.8. The van der Waals surface area contributed by atoms with Gasteiger partial charge < -0.3 is 20.5 Å². The lowest BCUT2D eigenvalue weighted by Crippen LogP contribution is -2.48. The van der Waals surface area contributed by atoms with Crippen LogP contribution in [0, 0.1) is 0 Å². The Morgan fingerprint density at radius 3 is 2.63 bits per heavy atom. The topological polar surface area (TPSA) is 58.7 Å². The van der Waals surface area contributed by atoms with E-state index >= 15 is 0 Å². The number of nitrogens with zero attached hydrogens (tertiary/aromatic N) is 1. The van der Waals surface area contributed by atoms with Gasteiger partial charge in [0.05, 0.1) is 18.8 Å². The summed E-state index contributed by atoms with van der Waals surface area (Å²) in [6.45, 7) is 5.79. The predicted octanol–water partition coefficient (Wildman–Crippen LogP) is 1.68. The molecule has 3 N–H and O–H groups in total. The van der Waals surface area contributed by atoms with E-state index in [1.54, 1.807) is 0 Å². The third-order valence-corrected chi connectivity index (χ3v) is 3.66. The van der Waals surface area contributed by atoms with Crippen LogP contribution < -0.4 is 10.6 Å². The number of aliphatic hydroxyl groups is 1. The second-order valence-corrected chi connectivity index (χ2v) is 5.26. The first-order valence-electron chi connectivity index (χ1n) is 7.00. The first-order valence-corrected chi connectivity index (χ1v) is 7.00. The number of morpholine rings is 1. The Hall–Kier alpha value is -1.10. The number of ether oxygens (including phenoxy) is 1. The lowest BCUT2D eigenvalue weighted by molar-refractivity contribution is -0.0421. The molecule has 1 aromatic carbocycles. The van der Waals surface area contributed by atoms with Gasteiger partial charge in [-0.1, -0.05) is 19.1 Å². The molecule has 0 spiro atoms. The molecule has 4 nitrogen and oxygen atoms in total. The maximum absolute atomic E-state index is 9.25. The lowest BCUT2D eigenvalue weighted by atomic mass is 10.0. The molecule has 1 saturated heterocycles. The quantitative estimate of drug-likeness (QED) is 0.868. The van der Waals surface area contributed by atoms with Gasteiger partial charge in [0, 0.05) is 24.8 Å². The smallest absolute Gasteiger partial charge is 0.0984 e. The molecule has 0 radical (unpaired) electrons. The summed E-state index contributed by atoms with van der Waals surface area (Å²) >= 11 is 0. The molecule has 1 aliphatic heterocycles. The van der Waals surface area contributed by atoms with Crippen LogP contribution in [0.3, 0.4) is 0 Å². The highest BCUT2D eigenvalue weighted by Crippen LogP contribution is 2.23. The number of anilines is 1. The molecule has 0 amide bonds. The molecule has 2 rings (SSSR count). The first-order chi connectivity index (χ1) is 9.13. The number of benzene rings is 1. The molecular formula is C15H24N2O2. The molecule has 4 heteroatoms. The molecule has 1 aromatic rings. The number of hydrogen-bond donors (Lipinski definition) is 2. The van der Waals surface area contributed by atoms with Gasteiger partial charge in [-0.05, 0) is 31.0 Å². The summed E-state index contributed by atoms with van der Waals surface area (Å²) in [4.78, 5) is 2.26. The van der Waals surface area contributed by atoms with E-state index in [0.717, 1.165) is 19.5 Å². The number of nitrogens with two attached hydrogens (primary N) is 1. The fourth-order valence-corrected chi connectivity index (χ4v) is 2.52. The Balaban J connectivity index is 2.08. The van der Waals surface area contributed by atoms with Gasteiger partial charge in [0.2, 0.25) is 0 Å². The van der Waals surface area contributed by atoms with Crippen molar-refractivity contribution in [1.82, 2.24) is 0 Å². The van der Waals surface area contributed by atoms with E-state index in [-0.39, 0.29) is 24.9 Å². The summed E-state index contributed by atoms with van der Waals surface area (Å²) in [5, 5.41) is 9.25. The Bertz CT molecular complexity index is 394. The van der Waals surface area contributed by atoms with Gasteiger partial charge >= 0.3 is 0 Å². The Labute approximate surface area is 115 Å². The first kappa shape index (κ1) is 14.3. The Kier molecular flexibility index (Phi) is 4.80. The second-order valence-electron chi connectivity index (χ2n) is 5.26. The van der Waals surface area contributed by atoms with Crippen molar-refractivity contribution in [2.24, 2.45) is 5.73 Å². The van der Waals surface area contributed by atoms with Crippen LogP contribution in [0.2, 0.25) is 0 Å². The van der Waals surface area contributed by atoms with Gasteiger partial charge in [-0.25, -0.2) is 0 Å². The molecule has 1 heterocycles. The van der Waals surface area contributed by atoms with Crippen LogP contribution in [0.5, 0.6) is 0 Å². The summed E-state index contributed by atoms with van der Waals surface area (Å²) in [6, 6.07) is 8.52. The van der Waals surface area contributed by atoms with Gasteiger partial charge in [0.15, 0.2) is 0 Å². The van der Waals surface area contributed by atoms with Crippen LogP contribution in [0.4, 0.5) is 5.69 Å². The molecule has 0 saturated carbocycles. The van der Waals surface area contributed by atoms with Gasteiger partial charge in [0.1, 0.15) is 0 Å². The minimum atomic E-state index is -0.0960. The molecular weight excluding hydrogens is 240 g/mol. The highest BCUT2D eigenvalue weighted by Gasteiger charge is 2.24. The normalized spacial score (nSPS) is 25.4. The minimum Gasteiger partial charge on any atom is -0.394 e. The van der Waals surface area contributed by atoms with Gasteiger partial charge in [-0.15, -0.1) is 0 Å². The fourth-order valence-electron chi connectivity index (χ4n) is 2.52. The molecule has 1 aliphatic rings. The molecule has 19 heavy (non-hydrogen) atoms. The number of aliphatic hydroxyl groups excluding tert-OH is 1. The zero-order valence-corrected chi connectivity index (χ0v) is 11.7. The van der Waals surface area contributed by atoms with Crippen LogP contribution >= 0.6 is 0 Å². The van der Waals surface area contributed by atoms with E-state index < -0.39 is 0 Å². The van der Waals surface area contributed by atoms with Crippen LogP contribution in [0.15, 0.2) is 24.3 Å². The Morgan fingerprint density at radius 1 is 1.37 bits per heavy atom. The number of rotatable bonds is 4. The molecule has 106 valence electrons. The van der Waals surface area contributed by atoms with Gasteiger partial charge in [0.25, 0.3) is 0 Å². The van der Waals surface area contributed by atoms with Crippen molar-refractivity contribution in [2.75, 3.05) is 24.6 Å². The highest BCUT2D eigenvalue weighted by molar-refractivity contribution is 5.48. The summed E-state index contributed by atoms with van der Waals surface area (Å²) in [7, 11) is 0. The highest BCUT2D eigenvalue weighted by atomic mass is 16.5. The Morgan fingerprint density at radius 2 is 2.05 bits per heavy atom. The molecule has 0 aliphatic carbocycles. The number of hydrogen-bond acceptors (Lipinski definition) is 4. The average Bonchev–Trinajstić information content (AvgIpc) is 2.46. The molecule has 0 aromatic heterocycles. The maximum Gasteiger partial charge on any atom is 0.0984 e. The molecule has 0 bridgehead atoms. The monoisotopic (exact) mass is 264 g/mol. The van der Waals surface area contributed by atoms with Crippen LogP contribution in [0.25, 0.3) is 0 Å². The predicted molar refractivity (Wildman–Crippen MR) is 77.3 cm³/mol. The van der Waals surface area contributed by atoms with Crippen molar-refractivity contribution < 1.29 is 9.84 Å². The van der Waals surface area contributed by atoms with Crippen molar-refractivity contribution in [3.8, 4) is 0 Å². The summed E-state index contributed by atoms with van der Waals surface area (Å²) in [5.74, 6) is 0. The van der Waals surface area contributed by atoms with Crippen molar-refractivity contribution in [3.05, 3.63) is 29.8 Å². The van der Waals surface area contributed by atoms with Crippen molar-refractivity contribution >= 4 is 5.69 Å². The lowest BCUT2D eigenvalue weighted by Gasteiger charge is -2.37. The van der Waals surface area contributed by atoms with E-state index in [0.29, 0.717) is 0 Å². The van der Waals surface area contributed by atoms with Gasteiger partial charge in [-0.3, -0.25) is 0 Å². The third-order valence-electron chi connectivity index (χ3n) is 3.66. The SMILES string of the molecule is CC[C@@H](N)c1ccc(N2CC(C)OC(CO)C2)cc1. The van der Waals surface area contributed by atoms with E-state index in [2.05, 4.69) is 36.1 Å². The van der Waals surface area contributed by atoms with Crippen molar-refractivity contribution in [3.63, 3.8) is 0 Å².